The molecule has 0 bridgehead atoms. The van der Waals surface area contributed by atoms with Crippen molar-refractivity contribution in [3.8, 4) is 0 Å². The van der Waals surface area contributed by atoms with Crippen molar-refractivity contribution in [2.45, 2.75) is 77.7 Å². The van der Waals surface area contributed by atoms with Crippen molar-refractivity contribution in [3.63, 3.8) is 0 Å². The molecular formula is C14H29N. The van der Waals surface area contributed by atoms with Gasteiger partial charge in [-0.15, -0.1) is 0 Å². The van der Waals surface area contributed by atoms with Crippen LogP contribution in [0.4, 0.5) is 0 Å². The molecule has 1 nitrogen and oxygen atoms in total. The molecule has 0 aromatic rings. The number of hydrogen-bond acceptors (Lipinski definition) is 1. The molecule has 1 saturated heterocycles. The van der Waals surface area contributed by atoms with Gasteiger partial charge in [-0.05, 0) is 38.8 Å². The van der Waals surface area contributed by atoms with Gasteiger partial charge in [-0.25, -0.2) is 0 Å². The van der Waals surface area contributed by atoms with E-state index in [0.29, 0.717) is 0 Å². The van der Waals surface area contributed by atoms with Crippen molar-refractivity contribution in [1.29, 1.82) is 0 Å². The van der Waals surface area contributed by atoms with E-state index < -0.39 is 0 Å². The highest BCUT2D eigenvalue weighted by Crippen LogP contribution is 2.21. The first kappa shape index (κ1) is 13.0. The number of piperidine rings is 1. The highest BCUT2D eigenvalue weighted by atomic mass is 15.2. The van der Waals surface area contributed by atoms with Crippen molar-refractivity contribution in [2.24, 2.45) is 0 Å². The van der Waals surface area contributed by atoms with Gasteiger partial charge in [-0.3, -0.25) is 0 Å². The Morgan fingerprint density at radius 1 is 1.00 bits per heavy atom. The Morgan fingerprint density at radius 3 is 2.60 bits per heavy atom. The summed E-state index contributed by atoms with van der Waals surface area (Å²) in [5, 5.41) is 0. The first-order valence-electron chi connectivity index (χ1n) is 7.12. The van der Waals surface area contributed by atoms with Crippen LogP contribution in [0.5, 0.6) is 0 Å². The van der Waals surface area contributed by atoms with Crippen LogP contribution in [0.3, 0.4) is 0 Å². The van der Waals surface area contributed by atoms with Crippen LogP contribution >= 0.6 is 0 Å². The summed E-state index contributed by atoms with van der Waals surface area (Å²) in [5.74, 6) is 0. The molecule has 1 aliphatic rings. The maximum atomic E-state index is 2.77. The van der Waals surface area contributed by atoms with E-state index in [4.69, 9.17) is 0 Å². The van der Waals surface area contributed by atoms with E-state index in [-0.39, 0.29) is 0 Å². The average Bonchev–Trinajstić information content (AvgIpc) is 2.27. The lowest BCUT2D eigenvalue weighted by atomic mass is 9.98. The van der Waals surface area contributed by atoms with Crippen molar-refractivity contribution in [1.82, 2.24) is 4.90 Å². The van der Waals surface area contributed by atoms with Gasteiger partial charge in [0.2, 0.25) is 0 Å². The molecule has 1 atom stereocenters. The van der Waals surface area contributed by atoms with Gasteiger partial charge in [0.25, 0.3) is 0 Å². The second-order valence-electron chi connectivity index (χ2n) is 5.03. The quantitative estimate of drug-likeness (QED) is 0.570. The predicted molar refractivity (Wildman–Crippen MR) is 68.3 cm³/mol. The SMILES string of the molecule is CCCCCCN1CCCCC1CCC. The molecule has 0 spiro atoms. The highest BCUT2D eigenvalue weighted by molar-refractivity contribution is 4.76. The van der Waals surface area contributed by atoms with E-state index in [1.54, 1.807) is 0 Å². The average molecular weight is 211 g/mol. The molecule has 0 saturated carbocycles. The number of hydrogen-bond donors (Lipinski definition) is 0. The third kappa shape index (κ3) is 5.01. The van der Waals surface area contributed by atoms with Crippen LogP contribution in [0.25, 0.3) is 0 Å². The molecule has 1 aliphatic heterocycles. The van der Waals surface area contributed by atoms with E-state index in [2.05, 4.69) is 18.7 Å². The summed E-state index contributed by atoms with van der Waals surface area (Å²) < 4.78 is 0. The van der Waals surface area contributed by atoms with Crippen molar-refractivity contribution in [3.05, 3.63) is 0 Å². The van der Waals surface area contributed by atoms with Crippen LogP contribution in [0.1, 0.15) is 71.6 Å². The van der Waals surface area contributed by atoms with Gasteiger partial charge >= 0.3 is 0 Å². The minimum Gasteiger partial charge on any atom is -0.300 e. The first-order valence-corrected chi connectivity index (χ1v) is 7.12. The molecule has 1 fully saturated rings. The Bertz CT molecular complexity index is 142. The molecule has 90 valence electrons. The largest absolute Gasteiger partial charge is 0.300 e. The molecule has 1 rings (SSSR count). The van der Waals surface area contributed by atoms with E-state index in [1.165, 1.54) is 70.9 Å². The number of likely N-dealkylation sites (tertiary alicyclic amines) is 1. The summed E-state index contributed by atoms with van der Waals surface area (Å²) in [5.41, 5.74) is 0. The molecule has 1 heterocycles. The van der Waals surface area contributed by atoms with Gasteiger partial charge < -0.3 is 4.90 Å². The molecule has 1 heteroatoms. The normalized spacial score (nSPS) is 23.2. The van der Waals surface area contributed by atoms with Crippen LogP contribution in [-0.4, -0.2) is 24.0 Å². The Balaban J connectivity index is 2.17. The summed E-state index contributed by atoms with van der Waals surface area (Å²) in [6, 6.07) is 0.922. The zero-order valence-electron chi connectivity index (χ0n) is 10.8. The van der Waals surface area contributed by atoms with E-state index in [0.717, 1.165) is 6.04 Å². The molecular weight excluding hydrogens is 182 g/mol. The van der Waals surface area contributed by atoms with Gasteiger partial charge in [-0.2, -0.15) is 0 Å². The zero-order valence-corrected chi connectivity index (χ0v) is 10.8. The molecule has 0 aromatic carbocycles. The fourth-order valence-electron chi connectivity index (χ4n) is 2.76. The molecule has 0 N–H and O–H groups in total. The van der Waals surface area contributed by atoms with Gasteiger partial charge in [0.05, 0.1) is 0 Å². The van der Waals surface area contributed by atoms with Crippen molar-refractivity contribution < 1.29 is 0 Å². The van der Waals surface area contributed by atoms with Crippen LogP contribution in [-0.2, 0) is 0 Å². The summed E-state index contributed by atoms with van der Waals surface area (Å²) >= 11 is 0. The number of unbranched alkanes of at least 4 members (excludes halogenated alkanes) is 3. The van der Waals surface area contributed by atoms with Gasteiger partial charge in [0.1, 0.15) is 0 Å². The topological polar surface area (TPSA) is 3.24 Å². The summed E-state index contributed by atoms with van der Waals surface area (Å²) in [4.78, 5) is 2.77. The number of nitrogens with zero attached hydrogens (tertiary/aromatic N) is 1. The lowest BCUT2D eigenvalue weighted by molar-refractivity contribution is 0.137. The molecule has 0 aromatic heterocycles. The van der Waals surface area contributed by atoms with Crippen LogP contribution in [0.2, 0.25) is 0 Å². The van der Waals surface area contributed by atoms with Gasteiger partial charge in [0.15, 0.2) is 0 Å². The van der Waals surface area contributed by atoms with E-state index >= 15 is 0 Å². The Morgan fingerprint density at radius 2 is 1.87 bits per heavy atom. The Labute approximate surface area is 96.2 Å². The van der Waals surface area contributed by atoms with E-state index in [9.17, 15) is 0 Å². The smallest absolute Gasteiger partial charge is 0.00951 e. The van der Waals surface area contributed by atoms with Crippen LogP contribution in [0.15, 0.2) is 0 Å². The third-order valence-corrected chi connectivity index (χ3v) is 3.67. The minimum absolute atomic E-state index is 0.922. The first-order chi connectivity index (χ1) is 7.38. The second-order valence-corrected chi connectivity index (χ2v) is 5.03. The third-order valence-electron chi connectivity index (χ3n) is 3.67. The lowest BCUT2D eigenvalue weighted by Crippen LogP contribution is -2.39. The molecule has 1 unspecified atom stereocenters. The minimum atomic E-state index is 0.922. The number of rotatable bonds is 7. The van der Waals surface area contributed by atoms with Gasteiger partial charge in [0, 0.05) is 6.04 Å². The Hall–Kier alpha value is -0.0400. The zero-order chi connectivity index (χ0) is 10.9. The summed E-state index contributed by atoms with van der Waals surface area (Å²) in [6.07, 6.45) is 12.8. The fourth-order valence-corrected chi connectivity index (χ4v) is 2.76. The van der Waals surface area contributed by atoms with Crippen molar-refractivity contribution >= 4 is 0 Å². The second kappa shape index (κ2) is 8.15. The summed E-state index contributed by atoms with van der Waals surface area (Å²) in [6.45, 7) is 7.35. The monoisotopic (exact) mass is 211 g/mol. The van der Waals surface area contributed by atoms with Crippen molar-refractivity contribution in [2.75, 3.05) is 13.1 Å². The van der Waals surface area contributed by atoms with Crippen LogP contribution < -0.4 is 0 Å². The van der Waals surface area contributed by atoms with Crippen LogP contribution in [0, 0.1) is 0 Å². The molecule has 0 amide bonds. The molecule has 0 aliphatic carbocycles. The predicted octanol–water partition coefficient (Wildman–Crippen LogP) is 4.22. The fraction of sp³-hybridized carbons (Fsp3) is 1.00. The molecule has 0 radical (unpaired) electrons. The van der Waals surface area contributed by atoms with E-state index in [1.807, 2.05) is 0 Å². The molecule has 15 heavy (non-hydrogen) atoms. The highest BCUT2D eigenvalue weighted by Gasteiger charge is 2.20. The summed E-state index contributed by atoms with van der Waals surface area (Å²) in [7, 11) is 0. The maximum absolute atomic E-state index is 2.77. The Kier molecular flexibility index (Phi) is 7.08. The maximum Gasteiger partial charge on any atom is 0.00951 e. The standard InChI is InChI=1S/C14H29N/c1-3-5-6-8-12-15-13-9-7-11-14(15)10-4-2/h14H,3-13H2,1-2H3. The lowest BCUT2D eigenvalue weighted by Gasteiger charge is -2.35. The van der Waals surface area contributed by atoms with Gasteiger partial charge in [-0.1, -0.05) is 46.0 Å².